The van der Waals surface area contributed by atoms with Crippen LogP contribution in [0.3, 0.4) is 0 Å². The van der Waals surface area contributed by atoms with Crippen molar-refractivity contribution in [2.75, 3.05) is 13.1 Å². The number of likely N-dealkylation sites (tertiary alicyclic amines) is 1. The summed E-state index contributed by atoms with van der Waals surface area (Å²) in [5, 5.41) is 4.05. The van der Waals surface area contributed by atoms with Crippen LogP contribution >= 0.6 is 0 Å². The number of hydrogen-bond acceptors (Lipinski definition) is 6. The van der Waals surface area contributed by atoms with Crippen LogP contribution in [0.4, 0.5) is 0 Å². The standard InChI is InChI=1S/C20H22N4O4/c1-12(24-18(26)13-7-3-4-8-14(13)19(24)27)17(25)15-11-16(22-21-15)20(28)23-9-5-2-6-10-23/h3-4,7-8,12,16,22H,2,5-6,9-11H2,1H3. The van der Waals surface area contributed by atoms with E-state index in [0.717, 1.165) is 37.3 Å². The number of carbonyl (C=O) groups excluding carboxylic acids is 4. The minimum atomic E-state index is -0.975. The highest BCUT2D eigenvalue weighted by molar-refractivity contribution is 6.43. The van der Waals surface area contributed by atoms with Crippen molar-refractivity contribution in [2.24, 2.45) is 5.10 Å². The van der Waals surface area contributed by atoms with Gasteiger partial charge in [-0.1, -0.05) is 12.1 Å². The summed E-state index contributed by atoms with van der Waals surface area (Å²) in [6.45, 7) is 2.98. The first-order chi connectivity index (χ1) is 13.5. The number of imide groups is 1. The zero-order chi connectivity index (χ0) is 19.8. The Morgan fingerprint density at radius 3 is 2.29 bits per heavy atom. The topological polar surface area (TPSA) is 99.2 Å². The minimum Gasteiger partial charge on any atom is -0.341 e. The van der Waals surface area contributed by atoms with Gasteiger partial charge in [0.15, 0.2) is 0 Å². The summed E-state index contributed by atoms with van der Waals surface area (Å²) in [5.41, 5.74) is 3.56. The second-order valence-corrected chi connectivity index (χ2v) is 7.40. The van der Waals surface area contributed by atoms with E-state index in [-0.39, 0.29) is 18.0 Å². The van der Waals surface area contributed by atoms with Gasteiger partial charge >= 0.3 is 0 Å². The number of hydrogen-bond donors (Lipinski definition) is 1. The number of piperidine rings is 1. The molecule has 0 saturated carbocycles. The average Bonchev–Trinajstić information content (AvgIpc) is 3.31. The fourth-order valence-corrected chi connectivity index (χ4v) is 3.99. The number of nitrogens with one attached hydrogen (secondary N) is 1. The van der Waals surface area contributed by atoms with Crippen molar-refractivity contribution >= 4 is 29.2 Å². The van der Waals surface area contributed by atoms with E-state index in [1.54, 1.807) is 29.2 Å². The lowest BCUT2D eigenvalue weighted by atomic mass is 10.0. The summed E-state index contributed by atoms with van der Waals surface area (Å²) < 4.78 is 0. The number of Topliss-reactive ketones (excluding diaryl/α,β-unsaturated/α-hetero) is 1. The van der Waals surface area contributed by atoms with Crippen LogP contribution in [-0.4, -0.2) is 64.2 Å². The van der Waals surface area contributed by atoms with Crippen molar-refractivity contribution in [1.82, 2.24) is 15.2 Å². The number of amides is 3. The van der Waals surface area contributed by atoms with Crippen molar-refractivity contribution < 1.29 is 19.2 Å². The van der Waals surface area contributed by atoms with Gasteiger partial charge in [-0.2, -0.15) is 5.10 Å². The van der Waals surface area contributed by atoms with Crippen LogP contribution < -0.4 is 5.43 Å². The normalized spacial score (nSPS) is 22.6. The molecule has 0 radical (unpaired) electrons. The molecule has 1 aromatic carbocycles. The van der Waals surface area contributed by atoms with Gasteiger partial charge in [0.1, 0.15) is 17.8 Å². The Bertz CT molecular complexity index is 853. The first-order valence-corrected chi connectivity index (χ1v) is 9.61. The maximum absolute atomic E-state index is 12.9. The van der Waals surface area contributed by atoms with Crippen LogP contribution in [-0.2, 0) is 9.59 Å². The number of rotatable bonds is 4. The van der Waals surface area contributed by atoms with E-state index in [9.17, 15) is 19.2 Å². The Morgan fingerprint density at radius 1 is 1.07 bits per heavy atom. The molecule has 2 unspecified atom stereocenters. The lowest BCUT2D eigenvalue weighted by molar-refractivity contribution is -0.133. The van der Waals surface area contributed by atoms with Crippen molar-refractivity contribution in [2.45, 2.75) is 44.7 Å². The number of fused-ring (bicyclic) bond motifs is 1. The van der Waals surface area contributed by atoms with Gasteiger partial charge in [0.25, 0.3) is 11.8 Å². The van der Waals surface area contributed by atoms with Gasteiger partial charge in [-0.05, 0) is 38.3 Å². The van der Waals surface area contributed by atoms with Gasteiger partial charge in [-0.25, -0.2) is 0 Å². The Balaban J connectivity index is 1.43. The highest BCUT2D eigenvalue weighted by Gasteiger charge is 2.43. The molecule has 2 atom stereocenters. The van der Waals surface area contributed by atoms with Crippen LogP contribution in [0.2, 0.25) is 0 Å². The molecular weight excluding hydrogens is 360 g/mol. The summed E-state index contributed by atoms with van der Waals surface area (Å²) in [6.07, 6.45) is 3.27. The summed E-state index contributed by atoms with van der Waals surface area (Å²) in [4.78, 5) is 53.4. The Hall–Kier alpha value is -3.03. The van der Waals surface area contributed by atoms with E-state index in [1.807, 2.05) is 0 Å². The molecule has 28 heavy (non-hydrogen) atoms. The maximum atomic E-state index is 12.9. The van der Waals surface area contributed by atoms with E-state index in [2.05, 4.69) is 10.5 Å². The Morgan fingerprint density at radius 2 is 1.68 bits per heavy atom. The third kappa shape index (κ3) is 2.98. The molecule has 1 fully saturated rings. The lowest BCUT2D eigenvalue weighted by Crippen LogP contribution is -2.47. The first kappa shape index (κ1) is 18.3. The SMILES string of the molecule is CC(C(=O)C1=NNC(C(=O)N2CCCCC2)C1)N1C(=O)c2ccccc2C1=O. The molecular formula is C20H22N4O4. The van der Waals surface area contributed by atoms with Gasteiger partial charge in [-0.15, -0.1) is 0 Å². The van der Waals surface area contributed by atoms with E-state index < -0.39 is 29.7 Å². The van der Waals surface area contributed by atoms with Crippen LogP contribution in [0, 0.1) is 0 Å². The summed E-state index contributed by atoms with van der Waals surface area (Å²) >= 11 is 0. The van der Waals surface area contributed by atoms with E-state index in [4.69, 9.17) is 0 Å². The molecule has 146 valence electrons. The molecule has 0 spiro atoms. The van der Waals surface area contributed by atoms with Gasteiger partial charge < -0.3 is 4.90 Å². The molecule has 8 heteroatoms. The first-order valence-electron chi connectivity index (χ1n) is 9.61. The number of ketones is 1. The molecule has 1 saturated heterocycles. The highest BCUT2D eigenvalue weighted by Crippen LogP contribution is 2.25. The van der Waals surface area contributed by atoms with Gasteiger partial charge in [0.2, 0.25) is 11.7 Å². The fraction of sp³-hybridized carbons (Fsp3) is 0.450. The molecule has 0 bridgehead atoms. The van der Waals surface area contributed by atoms with Gasteiger partial charge in [0.05, 0.1) is 11.1 Å². The Labute approximate surface area is 162 Å². The van der Waals surface area contributed by atoms with E-state index in [0.29, 0.717) is 11.1 Å². The third-order valence-corrected chi connectivity index (χ3v) is 5.60. The Kier molecular flexibility index (Phi) is 4.70. The summed E-state index contributed by atoms with van der Waals surface area (Å²) in [6, 6.07) is 4.98. The smallest absolute Gasteiger partial charge is 0.262 e. The van der Waals surface area contributed by atoms with Crippen molar-refractivity contribution in [1.29, 1.82) is 0 Å². The molecule has 0 aliphatic carbocycles. The predicted molar refractivity (Wildman–Crippen MR) is 101 cm³/mol. The average molecular weight is 382 g/mol. The zero-order valence-electron chi connectivity index (χ0n) is 15.7. The summed E-state index contributed by atoms with van der Waals surface area (Å²) in [7, 11) is 0. The second-order valence-electron chi connectivity index (χ2n) is 7.40. The molecule has 3 amide bonds. The number of benzene rings is 1. The van der Waals surface area contributed by atoms with Crippen molar-refractivity contribution in [3.05, 3.63) is 35.4 Å². The lowest BCUT2D eigenvalue weighted by Gasteiger charge is -2.28. The summed E-state index contributed by atoms with van der Waals surface area (Å²) in [5.74, 6) is -1.43. The molecule has 3 aliphatic heterocycles. The number of nitrogens with zero attached hydrogens (tertiary/aromatic N) is 3. The zero-order valence-corrected chi connectivity index (χ0v) is 15.7. The molecule has 4 rings (SSSR count). The quantitative estimate of drug-likeness (QED) is 0.783. The highest BCUT2D eigenvalue weighted by atomic mass is 16.2. The van der Waals surface area contributed by atoms with E-state index >= 15 is 0 Å². The molecule has 1 N–H and O–H groups in total. The van der Waals surface area contributed by atoms with Crippen molar-refractivity contribution in [3.63, 3.8) is 0 Å². The molecule has 3 heterocycles. The fourth-order valence-electron chi connectivity index (χ4n) is 3.99. The van der Waals surface area contributed by atoms with Gasteiger partial charge in [-0.3, -0.25) is 29.5 Å². The largest absolute Gasteiger partial charge is 0.341 e. The number of hydrazone groups is 1. The van der Waals surface area contributed by atoms with Crippen LogP contribution in [0.25, 0.3) is 0 Å². The van der Waals surface area contributed by atoms with Crippen LogP contribution in [0.5, 0.6) is 0 Å². The van der Waals surface area contributed by atoms with Crippen LogP contribution in [0.1, 0.15) is 53.3 Å². The van der Waals surface area contributed by atoms with Crippen molar-refractivity contribution in [3.8, 4) is 0 Å². The van der Waals surface area contributed by atoms with Gasteiger partial charge in [0, 0.05) is 19.5 Å². The third-order valence-electron chi connectivity index (χ3n) is 5.60. The van der Waals surface area contributed by atoms with Crippen LogP contribution in [0.15, 0.2) is 29.4 Å². The molecule has 8 nitrogen and oxygen atoms in total. The number of carbonyl (C=O) groups is 4. The van der Waals surface area contributed by atoms with E-state index in [1.165, 1.54) is 6.92 Å². The minimum absolute atomic E-state index is 0.0559. The second kappa shape index (κ2) is 7.18. The predicted octanol–water partition coefficient (Wildman–Crippen LogP) is 0.971. The monoisotopic (exact) mass is 382 g/mol. The molecule has 3 aliphatic rings. The molecule has 0 aromatic heterocycles. The molecule has 1 aromatic rings. The maximum Gasteiger partial charge on any atom is 0.262 e.